The van der Waals surface area contributed by atoms with Crippen LogP contribution in [0.4, 0.5) is 10.1 Å². The van der Waals surface area contributed by atoms with E-state index < -0.39 is 0 Å². The Morgan fingerprint density at radius 1 is 1.50 bits per heavy atom. The highest BCUT2D eigenvalue weighted by atomic mass is 79.9. The van der Waals surface area contributed by atoms with Crippen LogP contribution in [0.2, 0.25) is 0 Å². The van der Waals surface area contributed by atoms with Gasteiger partial charge in [0.05, 0.1) is 18.3 Å². The zero-order valence-electron chi connectivity index (χ0n) is 7.59. The van der Waals surface area contributed by atoms with E-state index in [1.165, 1.54) is 6.07 Å². The van der Waals surface area contributed by atoms with Crippen molar-refractivity contribution in [2.24, 2.45) is 0 Å². The summed E-state index contributed by atoms with van der Waals surface area (Å²) in [6.07, 6.45) is 0.936. The Kier molecular flexibility index (Phi) is 3.03. The van der Waals surface area contributed by atoms with Crippen molar-refractivity contribution < 1.29 is 9.13 Å². The molecule has 1 aliphatic heterocycles. The quantitative estimate of drug-likeness (QED) is 0.882. The molecule has 0 aliphatic carbocycles. The number of hydrogen-bond acceptors (Lipinski definition) is 2. The van der Waals surface area contributed by atoms with Crippen molar-refractivity contribution in [2.45, 2.75) is 12.5 Å². The normalized spacial score (nSPS) is 21.1. The molecule has 1 fully saturated rings. The lowest BCUT2D eigenvalue weighted by molar-refractivity contribution is 0.195. The van der Waals surface area contributed by atoms with Crippen molar-refractivity contribution in [3.8, 4) is 0 Å². The average molecular weight is 260 g/mol. The van der Waals surface area contributed by atoms with Crippen molar-refractivity contribution >= 4 is 21.6 Å². The van der Waals surface area contributed by atoms with Gasteiger partial charge in [0.25, 0.3) is 0 Å². The van der Waals surface area contributed by atoms with Gasteiger partial charge in [-0.1, -0.05) is 15.9 Å². The van der Waals surface area contributed by atoms with Gasteiger partial charge >= 0.3 is 0 Å². The zero-order valence-corrected chi connectivity index (χ0v) is 9.18. The van der Waals surface area contributed by atoms with Gasteiger partial charge in [-0.05, 0) is 24.6 Å². The Morgan fingerprint density at radius 2 is 2.36 bits per heavy atom. The SMILES string of the molecule is Fc1ccc(Br)cc1NC1CCOC1. The molecule has 1 atom stereocenters. The Bertz CT molecular complexity index is 326. The topological polar surface area (TPSA) is 21.3 Å². The van der Waals surface area contributed by atoms with E-state index in [0.717, 1.165) is 17.5 Å². The standard InChI is InChI=1S/C10H11BrFNO/c11-7-1-2-9(12)10(5-7)13-8-3-4-14-6-8/h1-2,5,8,13H,3-4,6H2. The fourth-order valence-corrected chi connectivity index (χ4v) is 1.84. The molecule has 0 spiro atoms. The predicted octanol–water partition coefficient (Wildman–Crippen LogP) is 2.79. The maximum absolute atomic E-state index is 13.3. The molecule has 0 aromatic heterocycles. The number of hydrogen-bond donors (Lipinski definition) is 1. The van der Waals surface area contributed by atoms with Gasteiger partial charge in [0.2, 0.25) is 0 Å². The first-order valence-corrected chi connectivity index (χ1v) is 5.34. The van der Waals surface area contributed by atoms with E-state index in [2.05, 4.69) is 21.2 Å². The first-order valence-electron chi connectivity index (χ1n) is 4.55. The Balaban J connectivity index is 2.10. The summed E-state index contributed by atoms with van der Waals surface area (Å²) in [5.74, 6) is -0.222. The second-order valence-electron chi connectivity index (χ2n) is 3.33. The summed E-state index contributed by atoms with van der Waals surface area (Å²) in [5.41, 5.74) is 0.537. The lowest BCUT2D eigenvalue weighted by Crippen LogP contribution is -2.19. The maximum atomic E-state index is 13.3. The summed E-state index contributed by atoms with van der Waals surface area (Å²) in [6.45, 7) is 1.42. The molecule has 0 bridgehead atoms. The average Bonchev–Trinajstić information content (AvgIpc) is 2.64. The number of rotatable bonds is 2. The highest BCUT2D eigenvalue weighted by Gasteiger charge is 2.16. The van der Waals surface area contributed by atoms with Gasteiger partial charge in [-0.3, -0.25) is 0 Å². The van der Waals surface area contributed by atoms with Crippen LogP contribution in [0.15, 0.2) is 22.7 Å². The van der Waals surface area contributed by atoms with E-state index in [1.54, 1.807) is 12.1 Å². The van der Waals surface area contributed by atoms with Crippen LogP contribution in [-0.2, 0) is 4.74 Å². The van der Waals surface area contributed by atoms with Crippen molar-refractivity contribution in [2.75, 3.05) is 18.5 Å². The van der Waals surface area contributed by atoms with Crippen LogP contribution in [0.5, 0.6) is 0 Å². The predicted molar refractivity (Wildman–Crippen MR) is 56.9 cm³/mol. The highest BCUT2D eigenvalue weighted by Crippen LogP contribution is 2.22. The van der Waals surface area contributed by atoms with E-state index in [9.17, 15) is 4.39 Å². The van der Waals surface area contributed by atoms with Crippen LogP contribution in [0.3, 0.4) is 0 Å². The fourth-order valence-electron chi connectivity index (χ4n) is 1.48. The summed E-state index contributed by atoms with van der Waals surface area (Å²) in [5, 5.41) is 3.12. The molecule has 76 valence electrons. The monoisotopic (exact) mass is 259 g/mol. The molecule has 2 nitrogen and oxygen atoms in total. The van der Waals surface area contributed by atoms with Gasteiger partial charge in [-0.25, -0.2) is 4.39 Å². The molecule has 1 unspecified atom stereocenters. The molecule has 2 rings (SSSR count). The highest BCUT2D eigenvalue weighted by molar-refractivity contribution is 9.10. The summed E-state index contributed by atoms with van der Waals surface area (Å²) in [7, 11) is 0. The summed E-state index contributed by atoms with van der Waals surface area (Å²) in [4.78, 5) is 0. The van der Waals surface area contributed by atoms with E-state index in [0.29, 0.717) is 12.3 Å². The van der Waals surface area contributed by atoms with Gasteiger partial charge < -0.3 is 10.1 Å². The van der Waals surface area contributed by atoms with Gasteiger partial charge in [0.15, 0.2) is 0 Å². The van der Waals surface area contributed by atoms with Crippen LogP contribution in [0, 0.1) is 5.82 Å². The molecule has 1 aromatic rings. The molecule has 0 saturated carbocycles. The minimum Gasteiger partial charge on any atom is -0.379 e. The third-order valence-electron chi connectivity index (χ3n) is 2.22. The summed E-state index contributed by atoms with van der Waals surface area (Å²) >= 11 is 3.31. The van der Waals surface area contributed by atoms with Gasteiger partial charge in [-0.15, -0.1) is 0 Å². The molecule has 1 aliphatic rings. The van der Waals surface area contributed by atoms with Crippen molar-refractivity contribution in [3.05, 3.63) is 28.5 Å². The molecular weight excluding hydrogens is 249 g/mol. The molecule has 1 aromatic carbocycles. The van der Waals surface area contributed by atoms with Crippen LogP contribution in [-0.4, -0.2) is 19.3 Å². The number of halogens is 2. The lowest BCUT2D eigenvalue weighted by Gasteiger charge is -2.12. The number of ether oxygens (including phenoxy) is 1. The third-order valence-corrected chi connectivity index (χ3v) is 2.71. The maximum Gasteiger partial charge on any atom is 0.146 e. The largest absolute Gasteiger partial charge is 0.379 e. The third kappa shape index (κ3) is 2.25. The Morgan fingerprint density at radius 3 is 3.07 bits per heavy atom. The van der Waals surface area contributed by atoms with E-state index in [1.807, 2.05) is 0 Å². The van der Waals surface area contributed by atoms with Gasteiger partial charge in [-0.2, -0.15) is 0 Å². The molecule has 4 heteroatoms. The van der Waals surface area contributed by atoms with Gasteiger partial charge in [0, 0.05) is 11.1 Å². The van der Waals surface area contributed by atoms with Crippen LogP contribution in [0.1, 0.15) is 6.42 Å². The molecule has 1 heterocycles. The van der Waals surface area contributed by atoms with Crippen LogP contribution < -0.4 is 5.32 Å². The molecule has 1 saturated heterocycles. The molecule has 1 N–H and O–H groups in total. The summed E-state index contributed by atoms with van der Waals surface area (Å²) < 4.78 is 19.4. The minimum absolute atomic E-state index is 0.222. The van der Waals surface area contributed by atoms with E-state index in [4.69, 9.17) is 4.74 Å². The molecule has 0 radical (unpaired) electrons. The zero-order chi connectivity index (χ0) is 9.97. The van der Waals surface area contributed by atoms with E-state index >= 15 is 0 Å². The first kappa shape index (κ1) is 9.93. The summed E-state index contributed by atoms with van der Waals surface area (Å²) in [6, 6.07) is 5.11. The minimum atomic E-state index is -0.222. The first-order chi connectivity index (χ1) is 6.75. The number of benzene rings is 1. The van der Waals surface area contributed by atoms with Crippen molar-refractivity contribution in [1.82, 2.24) is 0 Å². The molecule has 14 heavy (non-hydrogen) atoms. The smallest absolute Gasteiger partial charge is 0.146 e. The van der Waals surface area contributed by atoms with Gasteiger partial charge in [0.1, 0.15) is 5.82 Å². The second-order valence-corrected chi connectivity index (χ2v) is 4.24. The second kappa shape index (κ2) is 4.28. The van der Waals surface area contributed by atoms with Crippen LogP contribution in [0.25, 0.3) is 0 Å². The molecular formula is C10H11BrFNO. The molecule has 0 amide bonds. The number of nitrogens with one attached hydrogen (secondary N) is 1. The van der Waals surface area contributed by atoms with Crippen LogP contribution >= 0.6 is 15.9 Å². The Hall–Kier alpha value is -0.610. The number of anilines is 1. The fraction of sp³-hybridized carbons (Fsp3) is 0.400. The van der Waals surface area contributed by atoms with Crippen molar-refractivity contribution in [1.29, 1.82) is 0 Å². The van der Waals surface area contributed by atoms with E-state index in [-0.39, 0.29) is 11.9 Å². The van der Waals surface area contributed by atoms with Crippen molar-refractivity contribution in [3.63, 3.8) is 0 Å². The Labute approximate surface area is 90.6 Å². The lowest BCUT2D eigenvalue weighted by atomic mass is 10.2.